The standard InChI is InChI=1S/C15H22N2O4/c1-3-8-21-10-14(18)17(2)13-9-11(6-7-16)4-5-12(13)15(19)20/h4-5,9H,3,6-8,10,16H2,1-2H3,(H,19,20). The Hall–Kier alpha value is -1.92. The van der Waals surface area contributed by atoms with Gasteiger partial charge < -0.3 is 20.5 Å². The second kappa shape index (κ2) is 8.39. The summed E-state index contributed by atoms with van der Waals surface area (Å²) in [6.07, 6.45) is 1.45. The number of ether oxygens (including phenoxy) is 1. The second-order valence-corrected chi connectivity index (χ2v) is 4.70. The average molecular weight is 294 g/mol. The summed E-state index contributed by atoms with van der Waals surface area (Å²) in [5.74, 6) is -1.35. The Bertz CT molecular complexity index is 502. The van der Waals surface area contributed by atoms with E-state index in [9.17, 15) is 14.7 Å². The molecule has 3 N–H and O–H groups in total. The highest BCUT2D eigenvalue weighted by molar-refractivity contribution is 6.02. The lowest BCUT2D eigenvalue weighted by Crippen LogP contribution is -2.31. The van der Waals surface area contributed by atoms with Crippen LogP contribution < -0.4 is 10.6 Å². The van der Waals surface area contributed by atoms with Gasteiger partial charge in [-0.25, -0.2) is 4.79 Å². The molecule has 0 radical (unpaired) electrons. The average Bonchev–Trinajstić information content (AvgIpc) is 2.46. The fourth-order valence-corrected chi connectivity index (χ4v) is 1.89. The minimum absolute atomic E-state index is 0.0650. The predicted molar refractivity (Wildman–Crippen MR) is 80.7 cm³/mol. The van der Waals surface area contributed by atoms with E-state index in [1.807, 2.05) is 6.92 Å². The van der Waals surface area contributed by atoms with Gasteiger partial charge in [-0.2, -0.15) is 0 Å². The van der Waals surface area contributed by atoms with Gasteiger partial charge in [-0.15, -0.1) is 0 Å². The number of nitrogens with zero attached hydrogens (tertiary/aromatic N) is 1. The van der Waals surface area contributed by atoms with E-state index >= 15 is 0 Å². The molecule has 0 spiro atoms. The van der Waals surface area contributed by atoms with E-state index in [0.717, 1.165) is 12.0 Å². The zero-order valence-electron chi connectivity index (χ0n) is 12.5. The molecule has 6 nitrogen and oxygen atoms in total. The molecule has 0 aliphatic heterocycles. The highest BCUT2D eigenvalue weighted by atomic mass is 16.5. The van der Waals surface area contributed by atoms with Gasteiger partial charge in [0.15, 0.2) is 0 Å². The number of aromatic carboxylic acids is 1. The van der Waals surface area contributed by atoms with Gasteiger partial charge in [0.1, 0.15) is 6.61 Å². The van der Waals surface area contributed by atoms with E-state index in [1.165, 1.54) is 11.0 Å². The second-order valence-electron chi connectivity index (χ2n) is 4.70. The van der Waals surface area contributed by atoms with E-state index in [1.54, 1.807) is 19.2 Å². The minimum atomic E-state index is -1.07. The van der Waals surface area contributed by atoms with Crippen molar-refractivity contribution in [3.05, 3.63) is 29.3 Å². The number of carbonyl (C=O) groups is 2. The maximum absolute atomic E-state index is 12.0. The minimum Gasteiger partial charge on any atom is -0.478 e. The van der Waals surface area contributed by atoms with Gasteiger partial charge in [-0.1, -0.05) is 13.0 Å². The Morgan fingerprint density at radius 2 is 2.10 bits per heavy atom. The number of rotatable bonds is 8. The van der Waals surface area contributed by atoms with Crippen LogP contribution in [0.15, 0.2) is 18.2 Å². The molecule has 0 saturated carbocycles. The van der Waals surface area contributed by atoms with Crippen LogP contribution in [0.4, 0.5) is 5.69 Å². The van der Waals surface area contributed by atoms with Crippen molar-refractivity contribution in [2.24, 2.45) is 5.73 Å². The SMILES string of the molecule is CCCOCC(=O)N(C)c1cc(CCN)ccc1C(=O)O. The molecule has 0 aliphatic carbocycles. The van der Waals surface area contributed by atoms with E-state index in [4.69, 9.17) is 10.5 Å². The number of hydrogen-bond donors (Lipinski definition) is 2. The van der Waals surface area contributed by atoms with Gasteiger partial charge in [0, 0.05) is 13.7 Å². The Kier molecular flexibility index (Phi) is 6.84. The zero-order valence-corrected chi connectivity index (χ0v) is 12.5. The highest BCUT2D eigenvalue weighted by Gasteiger charge is 2.18. The topological polar surface area (TPSA) is 92.9 Å². The normalized spacial score (nSPS) is 10.4. The number of hydrogen-bond acceptors (Lipinski definition) is 4. The number of carbonyl (C=O) groups excluding carboxylic acids is 1. The number of carboxylic acids is 1. The largest absolute Gasteiger partial charge is 0.478 e. The van der Waals surface area contributed by atoms with Crippen LogP contribution in [0.25, 0.3) is 0 Å². The molecule has 1 rings (SSSR count). The van der Waals surface area contributed by atoms with Crippen LogP contribution in [0.2, 0.25) is 0 Å². The van der Waals surface area contributed by atoms with Crippen LogP contribution in [0.1, 0.15) is 29.3 Å². The molecule has 0 fully saturated rings. The van der Waals surface area contributed by atoms with Crippen molar-refractivity contribution in [1.82, 2.24) is 0 Å². The Balaban J connectivity index is 2.98. The van der Waals surface area contributed by atoms with Gasteiger partial charge in [-0.05, 0) is 37.1 Å². The van der Waals surface area contributed by atoms with Crippen molar-refractivity contribution < 1.29 is 19.4 Å². The predicted octanol–water partition coefficient (Wildman–Crippen LogP) is 1.28. The van der Waals surface area contributed by atoms with Gasteiger partial charge in [0.25, 0.3) is 5.91 Å². The Morgan fingerprint density at radius 1 is 1.38 bits per heavy atom. The Morgan fingerprint density at radius 3 is 2.67 bits per heavy atom. The summed E-state index contributed by atoms with van der Waals surface area (Å²) >= 11 is 0. The number of amides is 1. The third-order valence-electron chi connectivity index (χ3n) is 3.04. The van der Waals surface area contributed by atoms with Crippen LogP contribution in [0, 0.1) is 0 Å². The zero-order chi connectivity index (χ0) is 15.8. The fourth-order valence-electron chi connectivity index (χ4n) is 1.89. The van der Waals surface area contributed by atoms with Gasteiger partial charge >= 0.3 is 5.97 Å². The first-order valence-electron chi connectivity index (χ1n) is 6.91. The summed E-state index contributed by atoms with van der Waals surface area (Å²) in [5, 5.41) is 9.24. The van der Waals surface area contributed by atoms with Crippen molar-refractivity contribution in [3.63, 3.8) is 0 Å². The van der Waals surface area contributed by atoms with Crippen LogP contribution in [0.3, 0.4) is 0 Å². The van der Waals surface area contributed by atoms with Crippen molar-refractivity contribution in [2.75, 3.05) is 31.7 Å². The molecule has 0 unspecified atom stereocenters. The summed E-state index contributed by atoms with van der Waals surface area (Å²) in [5.41, 5.74) is 6.85. The van der Waals surface area contributed by atoms with Crippen LogP contribution in [-0.4, -0.2) is 43.8 Å². The molecule has 6 heteroatoms. The Labute approximate surface area is 124 Å². The molecule has 0 bridgehead atoms. The molecule has 1 aromatic carbocycles. The number of benzene rings is 1. The highest BCUT2D eigenvalue weighted by Crippen LogP contribution is 2.22. The lowest BCUT2D eigenvalue weighted by Gasteiger charge is -2.20. The molecule has 0 heterocycles. The molecule has 0 aliphatic rings. The van der Waals surface area contributed by atoms with Crippen LogP contribution >= 0.6 is 0 Å². The molecule has 116 valence electrons. The van der Waals surface area contributed by atoms with Crippen LogP contribution in [-0.2, 0) is 16.0 Å². The van der Waals surface area contributed by atoms with E-state index in [-0.39, 0.29) is 18.1 Å². The van der Waals surface area contributed by atoms with Crippen LogP contribution in [0.5, 0.6) is 0 Å². The fraction of sp³-hybridized carbons (Fsp3) is 0.467. The molecular weight excluding hydrogens is 272 g/mol. The maximum atomic E-state index is 12.0. The van der Waals surface area contributed by atoms with E-state index in [2.05, 4.69) is 0 Å². The molecule has 0 aromatic heterocycles. The maximum Gasteiger partial charge on any atom is 0.337 e. The van der Waals surface area contributed by atoms with Gasteiger partial charge in [0.05, 0.1) is 11.3 Å². The molecule has 0 saturated heterocycles. The summed E-state index contributed by atoms with van der Waals surface area (Å²) in [6, 6.07) is 4.90. The van der Waals surface area contributed by atoms with Gasteiger partial charge in [0.2, 0.25) is 0 Å². The quantitative estimate of drug-likeness (QED) is 0.704. The molecule has 1 amide bonds. The van der Waals surface area contributed by atoms with Crippen molar-refractivity contribution in [3.8, 4) is 0 Å². The van der Waals surface area contributed by atoms with Crippen molar-refractivity contribution in [1.29, 1.82) is 0 Å². The number of nitrogens with two attached hydrogens (primary N) is 1. The van der Waals surface area contributed by atoms with E-state index < -0.39 is 5.97 Å². The van der Waals surface area contributed by atoms with Crippen molar-refractivity contribution >= 4 is 17.6 Å². The summed E-state index contributed by atoms with van der Waals surface area (Å²) < 4.78 is 5.21. The third-order valence-corrected chi connectivity index (χ3v) is 3.04. The monoisotopic (exact) mass is 294 g/mol. The number of likely N-dealkylation sites (N-methyl/N-ethyl adjacent to an activating group) is 1. The lowest BCUT2D eigenvalue weighted by molar-refractivity contribution is -0.122. The summed E-state index contributed by atoms with van der Waals surface area (Å²) in [4.78, 5) is 24.6. The van der Waals surface area contributed by atoms with Gasteiger partial charge in [-0.3, -0.25) is 4.79 Å². The first-order chi connectivity index (χ1) is 10.0. The lowest BCUT2D eigenvalue weighted by atomic mass is 10.1. The number of carboxylic acid groups (broad SMARTS) is 1. The van der Waals surface area contributed by atoms with E-state index in [0.29, 0.717) is 25.3 Å². The molecule has 21 heavy (non-hydrogen) atoms. The molecular formula is C15H22N2O4. The summed E-state index contributed by atoms with van der Waals surface area (Å²) in [7, 11) is 1.55. The molecule has 0 atom stereocenters. The summed E-state index contributed by atoms with van der Waals surface area (Å²) in [6.45, 7) is 2.85. The third kappa shape index (κ3) is 4.84. The van der Waals surface area contributed by atoms with Crippen molar-refractivity contribution in [2.45, 2.75) is 19.8 Å². The smallest absolute Gasteiger partial charge is 0.337 e. The molecule has 1 aromatic rings. The first kappa shape index (κ1) is 17.1. The first-order valence-corrected chi connectivity index (χ1v) is 6.91. The number of anilines is 1.